The highest BCUT2D eigenvalue weighted by Crippen LogP contribution is 2.05. The lowest BCUT2D eigenvalue weighted by molar-refractivity contribution is 0.0677. The standard InChI is InChI=1S/C10H14N2O4/c1-15-3-2-4-16-6-9-8(10(13)14)5-11-7-12-9/h5,7H,2-4,6H2,1H3,(H,13,14). The van der Waals surface area contributed by atoms with Crippen molar-refractivity contribution in [2.24, 2.45) is 0 Å². The third kappa shape index (κ3) is 3.92. The molecule has 6 nitrogen and oxygen atoms in total. The van der Waals surface area contributed by atoms with Crippen molar-refractivity contribution >= 4 is 5.97 Å². The number of carbonyl (C=O) groups is 1. The number of methoxy groups -OCH3 is 1. The molecule has 0 aliphatic rings. The lowest BCUT2D eigenvalue weighted by Crippen LogP contribution is -2.08. The van der Waals surface area contributed by atoms with Crippen LogP contribution in [0, 0.1) is 0 Å². The molecule has 88 valence electrons. The molecule has 0 aliphatic heterocycles. The summed E-state index contributed by atoms with van der Waals surface area (Å²) in [7, 11) is 1.62. The normalized spacial score (nSPS) is 10.3. The third-order valence-electron chi connectivity index (χ3n) is 1.90. The Morgan fingerprint density at radius 3 is 3.00 bits per heavy atom. The van der Waals surface area contributed by atoms with Gasteiger partial charge in [0.15, 0.2) is 0 Å². The van der Waals surface area contributed by atoms with Crippen molar-refractivity contribution in [3.8, 4) is 0 Å². The summed E-state index contributed by atoms with van der Waals surface area (Å²) in [5.41, 5.74) is 0.467. The minimum atomic E-state index is -1.05. The average molecular weight is 226 g/mol. The molecule has 0 unspecified atom stereocenters. The fourth-order valence-corrected chi connectivity index (χ4v) is 1.12. The van der Waals surface area contributed by atoms with Gasteiger partial charge in [0, 0.05) is 26.5 Å². The molecule has 0 spiro atoms. The van der Waals surface area contributed by atoms with Gasteiger partial charge in [0.05, 0.1) is 12.3 Å². The maximum Gasteiger partial charge on any atom is 0.339 e. The molecule has 1 heterocycles. The van der Waals surface area contributed by atoms with Gasteiger partial charge in [-0.05, 0) is 6.42 Å². The number of aromatic carboxylic acids is 1. The molecular weight excluding hydrogens is 212 g/mol. The Morgan fingerprint density at radius 2 is 2.31 bits per heavy atom. The van der Waals surface area contributed by atoms with Crippen LogP contribution < -0.4 is 0 Å². The first-order chi connectivity index (χ1) is 7.75. The zero-order valence-corrected chi connectivity index (χ0v) is 9.05. The van der Waals surface area contributed by atoms with Crippen LogP contribution in [0.5, 0.6) is 0 Å². The lowest BCUT2D eigenvalue weighted by Gasteiger charge is -2.05. The number of carboxylic acids is 1. The van der Waals surface area contributed by atoms with Crippen molar-refractivity contribution in [3.63, 3.8) is 0 Å². The number of nitrogens with zero attached hydrogens (tertiary/aromatic N) is 2. The summed E-state index contributed by atoms with van der Waals surface area (Å²) in [6.07, 6.45) is 3.34. The number of hydrogen-bond acceptors (Lipinski definition) is 5. The van der Waals surface area contributed by atoms with Crippen LogP contribution in [0.25, 0.3) is 0 Å². The highest BCUT2D eigenvalue weighted by atomic mass is 16.5. The van der Waals surface area contributed by atoms with Crippen LogP contribution in [-0.4, -0.2) is 41.4 Å². The van der Waals surface area contributed by atoms with E-state index < -0.39 is 5.97 Å². The maximum absolute atomic E-state index is 10.8. The van der Waals surface area contributed by atoms with E-state index in [9.17, 15) is 4.79 Å². The number of aromatic nitrogens is 2. The molecule has 1 N–H and O–H groups in total. The molecule has 0 aromatic carbocycles. The van der Waals surface area contributed by atoms with E-state index in [-0.39, 0.29) is 12.2 Å². The third-order valence-corrected chi connectivity index (χ3v) is 1.90. The second kappa shape index (κ2) is 6.86. The van der Waals surface area contributed by atoms with Gasteiger partial charge >= 0.3 is 5.97 Å². The second-order valence-corrected chi connectivity index (χ2v) is 3.09. The van der Waals surface area contributed by atoms with Gasteiger partial charge in [0.25, 0.3) is 0 Å². The van der Waals surface area contributed by atoms with Crippen LogP contribution in [0.1, 0.15) is 22.5 Å². The summed E-state index contributed by atoms with van der Waals surface area (Å²) in [5, 5.41) is 8.85. The lowest BCUT2D eigenvalue weighted by atomic mass is 10.2. The predicted octanol–water partition coefficient (Wildman–Crippen LogP) is 0.728. The Bertz CT molecular complexity index is 343. The topological polar surface area (TPSA) is 81.5 Å². The first-order valence-electron chi connectivity index (χ1n) is 4.84. The minimum Gasteiger partial charge on any atom is -0.478 e. The van der Waals surface area contributed by atoms with Crippen LogP contribution in [0.3, 0.4) is 0 Å². The monoisotopic (exact) mass is 226 g/mol. The van der Waals surface area contributed by atoms with Crippen LogP contribution >= 0.6 is 0 Å². The Hall–Kier alpha value is -1.53. The van der Waals surface area contributed by atoms with Gasteiger partial charge in [-0.3, -0.25) is 0 Å². The molecule has 0 saturated heterocycles. The SMILES string of the molecule is COCCCOCc1ncncc1C(=O)O. The Morgan fingerprint density at radius 1 is 1.50 bits per heavy atom. The number of carboxylic acid groups (broad SMARTS) is 1. The van der Waals surface area contributed by atoms with Crippen molar-refractivity contribution in [3.05, 3.63) is 23.8 Å². The number of hydrogen-bond donors (Lipinski definition) is 1. The fraction of sp³-hybridized carbons (Fsp3) is 0.500. The Labute approximate surface area is 93.2 Å². The van der Waals surface area contributed by atoms with Gasteiger partial charge < -0.3 is 14.6 Å². The van der Waals surface area contributed by atoms with Crippen LogP contribution in [-0.2, 0) is 16.1 Å². The van der Waals surface area contributed by atoms with Gasteiger partial charge in [-0.1, -0.05) is 0 Å². The van der Waals surface area contributed by atoms with E-state index in [1.165, 1.54) is 12.5 Å². The van der Waals surface area contributed by atoms with E-state index in [4.69, 9.17) is 14.6 Å². The summed E-state index contributed by atoms with van der Waals surface area (Å²) in [6, 6.07) is 0. The number of rotatable bonds is 7. The van der Waals surface area contributed by atoms with Crippen molar-refractivity contribution in [1.82, 2.24) is 9.97 Å². The smallest absolute Gasteiger partial charge is 0.339 e. The van der Waals surface area contributed by atoms with Gasteiger partial charge in [-0.2, -0.15) is 0 Å². The van der Waals surface area contributed by atoms with E-state index in [2.05, 4.69) is 9.97 Å². The highest BCUT2D eigenvalue weighted by Gasteiger charge is 2.10. The molecule has 0 aliphatic carbocycles. The molecule has 0 radical (unpaired) electrons. The van der Waals surface area contributed by atoms with E-state index in [1.807, 2.05) is 0 Å². The first-order valence-corrected chi connectivity index (χ1v) is 4.84. The largest absolute Gasteiger partial charge is 0.478 e. The molecule has 0 atom stereocenters. The predicted molar refractivity (Wildman–Crippen MR) is 55.1 cm³/mol. The van der Waals surface area contributed by atoms with Crippen LogP contribution in [0.4, 0.5) is 0 Å². The molecule has 0 bridgehead atoms. The minimum absolute atomic E-state index is 0.0780. The fourth-order valence-electron chi connectivity index (χ4n) is 1.12. The molecule has 1 rings (SSSR count). The van der Waals surface area contributed by atoms with Crippen molar-refractivity contribution in [2.75, 3.05) is 20.3 Å². The van der Waals surface area contributed by atoms with Crippen molar-refractivity contribution < 1.29 is 19.4 Å². The zero-order valence-electron chi connectivity index (χ0n) is 9.05. The summed E-state index contributed by atoms with van der Waals surface area (Å²) < 4.78 is 10.1. The molecule has 0 saturated carbocycles. The molecule has 1 aromatic rings. The molecule has 0 amide bonds. The number of ether oxygens (including phenoxy) is 2. The van der Waals surface area contributed by atoms with Gasteiger partial charge in [0.2, 0.25) is 0 Å². The van der Waals surface area contributed by atoms with E-state index in [1.54, 1.807) is 7.11 Å². The van der Waals surface area contributed by atoms with E-state index in [0.29, 0.717) is 18.9 Å². The summed E-state index contributed by atoms with van der Waals surface area (Å²) in [5.74, 6) is -1.05. The second-order valence-electron chi connectivity index (χ2n) is 3.09. The van der Waals surface area contributed by atoms with Crippen molar-refractivity contribution in [1.29, 1.82) is 0 Å². The molecule has 1 aromatic heterocycles. The van der Waals surface area contributed by atoms with Crippen LogP contribution in [0.15, 0.2) is 12.5 Å². The molecule has 0 fully saturated rings. The molecular formula is C10H14N2O4. The maximum atomic E-state index is 10.8. The average Bonchev–Trinajstić information content (AvgIpc) is 2.29. The van der Waals surface area contributed by atoms with Gasteiger partial charge in [-0.25, -0.2) is 14.8 Å². The van der Waals surface area contributed by atoms with Gasteiger partial charge in [0.1, 0.15) is 11.9 Å². The summed E-state index contributed by atoms with van der Waals surface area (Å²) >= 11 is 0. The zero-order chi connectivity index (χ0) is 11.8. The summed E-state index contributed by atoms with van der Waals surface area (Å²) in [6.45, 7) is 1.31. The summed E-state index contributed by atoms with van der Waals surface area (Å²) in [4.78, 5) is 18.3. The van der Waals surface area contributed by atoms with Crippen molar-refractivity contribution in [2.45, 2.75) is 13.0 Å². The Kier molecular flexibility index (Phi) is 5.38. The quantitative estimate of drug-likeness (QED) is 0.690. The van der Waals surface area contributed by atoms with E-state index >= 15 is 0 Å². The van der Waals surface area contributed by atoms with E-state index in [0.717, 1.165) is 6.42 Å². The molecule has 6 heteroatoms. The Balaban J connectivity index is 2.44. The highest BCUT2D eigenvalue weighted by molar-refractivity contribution is 5.88. The van der Waals surface area contributed by atoms with Gasteiger partial charge in [-0.15, -0.1) is 0 Å². The first kappa shape index (κ1) is 12.5. The van der Waals surface area contributed by atoms with Crippen LogP contribution in [0.2, 0.25) is 0 Å². The molecule has 16 heavy (non-hydrogen) atoms.